The summed E-state index contributed by atoms with van der Waals surface area (Å²) in [5.74, 6) is -1.26. The molecular formula is C27H23Cl2NO6S3. The summed E-state index contributed by atoms with van der Waals surface area (Å²) in [4.78, 5) is 41.4. The fourth-order valence-electron chi connectivity index (χ4n) is 4.23. The predicted molar refractivity (Wildman–Crippen MR) is 161 cm³/mol. The van der Waals surface area contributed by atoms with Crippen molar-refractivity contribution in [3.8, 4) is 5.75 Å². The van der Waals surface area contributed by atoms with Crippen molar-refractivity contribution in [1.29, 1.82) is 0 Å². The molecule has 2 aromatic rings. The van der Waals surface area contributed by atoms with Gasteiger partial charge in [0.1, 0.15) is 15.6 Å². The average Bonchev–Trinajstić information content (AvgIpc) is 3.33. The molecule has 2 aromatic carbocycles. The molecule has 39 heavy (non-hydrogen) atoms. The second-order valence-electron chi connectivity index (χ2n) is 8.75. The van der Waals surface area contributed by atoms with Crippen molar-refractivity contribution >= 4 is 92.9 Å². The molecule has 2 aliphatic heterocycles. The molecule has 7 nitrogen and oxygen atoms in total. The van der Waals surface area contributed by atoms with Gasteiger partial charge in [-0.1, -0.05) is 71.1 Å². The highest BCUT2D eigenvalue weighted by molar-refractivity contribution is 8.29. The van der Waals surface area contributed by atoms with Crippen LogP contribution in [0.4, 0.5) is 5.69 Å². The van der Waals surface area contributed by atoms with Gasteiger partial charge in [-0.25, -0.2) is 9.59 Å². The van der Waals surface area contributed by atoms with E-state index >= 15 is 0 Å². The van der Waals surface area contributed by atoms with Gasteiger partial charge in [0, 0.05) is 16.2 Å². The van der Waals surface area contributed by atoms with Crippen LogP contribution in [0.5, 0.6) is 5.75 Å². The molecule has 2 heterocycles. The molecule has 0 bridgehead atoms. The van der Waals surface area contributed by atoms with Crippen LogP contribution in [0, 0.1) is 0 Å². The lowest BCUT2D eigenvalue weighted by Gasteiger charge is -2.45. The first kappa shape index (κ1) is 29.5. The van der Waals surface area contributed by atoms with Gasteiger partial charge in [0.05, 0.1) is 51.7 Å². The maximum Gasteiger partial charge on any atom is 0.346 e. The molecule has 0 aromatic heterocycles. The minimum atomic E-state index is -1.06. The average molecular weight is 625 g/mol. The van der Waals surface area contributed by atoms with Crippen LogP contribution >= 0.6 is 58.9 Å². The molecule has 0 fully saturated rings. The Bertz CT molecular complexity index is 1450. The number of thiocarbonyl (C=S) groups is 1. The van der Waals surface area contributed by atoms with Crippen molar-refractivity contribution < 1.29 is 28.6 Å². The summed E-state index contributed by atoms with van der Waals surface area (Å²) in [6.45, 7) is 5.84. The quantitative estimate of drug-likeness (QED) is 0.200. The molecule has 0 N–H and O–H groups in total. The van der Waals surface area contributed by atoms with Crippen LogP contribution in [0.3, 0.4) is 0 Å². The van der Waals surface area contributed by atoms with E-state index in [-0.39, 0.29) is 20.4 Å². The summed E-state index contributed by atoms with van der Waals surface area (Å²) in [7, 11) is 2.48. The number of hydrogen-bond donors (Lipinski definition) is 0. The molecule has 0 atom stereocenters. The summed E-state index contributed by atoms with van der Waals surface area (Å²) in [5, 5.41) is 0.600. The van der Waals surface area contributed by atoms with E-state index in [0.717, 1.165) is 23.5 Å². The van der Waals surface area contributed by atoms with Crippen LogP contribution in [0.15, 0.2) is 50.4 Å². The van der Waals surface area contributed by atoms with Gasteiger partial charge in [-0.3, -0.25) is 9.69 Å². The Balaban J connectivity index is 1.98. The van der Waals surface area contributed by atoms with Crippen LogP contribution in [-0.2, 0) is 19.1 Å². The number of halogens is 2. The van der Waals surface area contributed by atoms with Gasteiger partial charge in [0.2, 0.25) is 0 Å². The Kier molecular flexibility index (Phi) is 8.73. The van der Waals surface area contributed by atoms with Crippen molar-refractivity contribution in [2.24, 2.45) is 0 Å². The molecule has 204 valence electrons. The van der Waals surface area contributed by atoms with E-state index in [1.54, 1.807) is 29.2 Å². The molecule has 2 aliphatic rings. The molecule has 0 saturated carbocycles. The lowest BCUT2D eigenvalue weighted by Crippen LogP contribution is -2.56. The van der Waals surface area contributed by atoms with Gasteiger partial charge < -0.3 is 14.2 Å². The summed E-state index contributed by atoms with van der Waals surface area (Å²) in [6.07, 6.45) is 0. The van der Waals surface area contributed by atoms with E-state index in [0.29, 0.717) is 43.3 Å². The summed E-state index contributed by atoms with van der Waals surface area (Å²) in [5.41, 5.74) is 0.891. The van der Waals surface area contributed by atoms with E-state index in [9.17, 15) is 14.4 Å². The monoisotopic (exact) mass is 623 g/mol. The highest BCUT2D eigenvalue weighted by Gasteiger charge is 2.48. The third kappa shape index (κ3) is 5.20. The number of ether oxygens (including phenoxy) is 3. The number of thioether (sulfide) groups is 2. The Morgan fingerprint density at radius 2 is 1.62 bits per heavy atom. The molecule has 0 unspecified atom stereocenters. The van der Waals surface area contributed by atoms with Gasteiger partial charge in [-0.15, -0.1) is 0 Å². The van der Waals surface area contributed by atoms with Gasteiger partial charge >= 0.3 is 11.9 Å². The minimum Gasteiger partial charge on any atom is -0.492 e. The maximum absolute atomic E-state index is 14.1. The van der Waals surface area contributed by atoms with E-state index in [1.807, 2.05) is 26.8 Å². The zero-order valence-corrected chi connectivity index (χ0v) is 25.5. The first-order valence-electron chi connectivity index (χ1n) is 11.6. The number of anilines is 1. The third-order valence-corrected chi connectivity index (χ3v) is 9.85. The Morgan fingerprint density at radius 3 is 2.15 bits per heavy atom. The van der Waals surface area contributed by atoms with E-state index < -0.39 is 23.4 Å². The molecule has 0 saturated heterocycles. The molecule has 1 amide bonds. The lowest BCUT2D eigenvalue weighted by atomic mass is 9.82. The highest BCUT2D eigenvalue weighted by atomic mass is 35.5. The number of fused-ring (bicyclic) bond motifs is 1. The number of benzene rings is 2. The van der Waals surface area contributed by atoms with Crippen LogP contribution < -0.4 is 9.64 Å². The van der Waals surface area contributed by atoms with Crippen molar-refractivity contribution in [2.45, 2.75) is 26.3 Å². The molecule has 0 radical (unpaired) electrons. The SMILES string of the molecule is CCOc1cccc2c1N(C(=O)c1ccc(Cl)cc1Cl)C(C)(C)C(=S)C2=C1SC(C(=O)OC)=C(C(=O)OC)S1. The number of carbonyl (C=O) groups excluding carboxylic acids is 3. The second kappa shape index (κ2) is 11.5. The number of methoxy groups -OCH3 is 2. The van der Waals surface area contributed by atoms with Gasteiger partial charge in [-0.05, 0) is 45.0 Å². The largest absolute Gasteiger partial charge is 0.492 e. The number of amides is 1. The van der Waals surface area contributed by atoms with Gasteiger partial charge in [0.15, 0.2) is 0 Å². The fraction of sp³-hybridized carbons (Fsp3) is 0.259. The second-order valence-corrected chi connectivity index (χ2v) is 12.3. The van der Waals surface area contributed by atoms with Crippen molar-refractivity contribution in [1.82, 2.24) is 0 Å². The zero-order valence-electron chi connectivity index (χ0n) is 21.5. The number of carbonyl (C=O) groups is 3. The fourth-order valence-corrected chi connectivity index (χ4v) is 7.76. The van der Waals surface area contributed by atoms with E-state index in [1.165, 1.54) is 20.3 Å². The summed E-state index contributed by atoms with van der Waals surface area (Å²) >= 11 is 20.7. The maximum atomic E-state index is 14.1. The van der Waals surface area contributed by atoms with Crippen LogP contribution in [0.25, 0.3) is 5.57 Å². The topological polar surface area (TPSA) is 82.1 Å². The van der Waals surface area contributed by atoms with Crippen molar-refractivity contribution in [3.63, 3.8) is 0 Å². The smallest absolute Gasteiger partial charge is 0.346 e. The Labute approximate surface area is 249 Å². The molecular weight excluding hydrogens is 601 g/mol. The number of esters is 2. The minimum absolute atomic E-state index is 0.103. The van der Waals surface area contributed by atoms with E-state index in [4.69, 9.17) is 49.6 Å². The van der Waals surface area contributed by atoms with Gasteiger partial charge in [0.25, 0.3) is 5.91 Å². The third-order valence-electron chi connectivity index (χ3n) is 6.04. The Hall–Kier alpha value is -2.50. The van der Waals surface area contributed by atoms with Crippen LogP contribution in [0.1, 0.15) is 36.7 Å². The summed E-state index contributed by atoms with van der Waals surface area (Å²) < 4.78 is 16.4. The first-order chi connectivity index (χ1) is 18.5. The molecule has 4 rings (SSSR count). The molecule has 0 spiro atoms. The summed E-state index contributed by atoms with van der Waals surface area (Å²) in [6, 6.07) is 10.1. The number of nitrogens with zero attached hydrogens (tertiary/aromatic N) is 1. The Morgan fingerprint density at radius 1 is 1.00 bits per heavy atom. The standard InChI is InChI=1S/C27H23Cl2NO6S3/c1-6-36-17-9-7-8-15-18(26-38-20(24(32)34-4)21(39-26)25(33)35-5)22(37)27(2,3)30(19(15)17)23(31)14-11-10-13(28)12-16(14)29/h7-12H,6H2,1-5H3. The normalized spacial score (nSPS) is 16.3. The number of para-hydroxylation sites is 1. The predicted octanol–water partition coefficient (Wildman–Crippen LogP) is 6.91. The van der Waals surface area contributed by atoms with Gasteiger partial charge in [-0.2, -0.15) is 0 Å². The van der Waals surface area contributed by atoms with Crippen molar-refractivity contribution in [3.05, 3.63) is 71.6 Å². The number of hydrogen-bond acceptors (Lipinski definition) is 9. The zero-order chi connectivity index (χ0) is 28.6. The highest BCUT2D eigenvalue weighted by Crippen LogP contribution is 2.57. The molecule has 12 heteroatoms. The van der Waals surface area contributed by atoms with Crippen LogP contribution in [0.2, 0.25) is 10.0 Å². The molecule has 0 aliphatic carbocycles. The van der Waals surface area contributed by atoms with E-state index in [2.05, 4.69) is 0 Å². The lowest BCUT2D eigenvalue weighted by molar-refractivity contribution is -0.138. The number of rotatable bonds is 5. The first-order valence-corrected chi connectivity index (χ1v) is 14.4. The van der Waals surface area contributed by atoms with Crippen molar-refractivity contribution in [2.75, 3.05) is 25.7 Å². The van der Waals surface area contributed by atoms with Crippen LogP contribution in [-0.4, -0.2) is 49.1 Å².